The first-order valence-corrected chi connectivity index (χ1v) is 4.95. The number of phenolic OH excluding ortho intramolecular Hbond substituents is 1. The van der Waals surface area contributed by atoms with Crippen molar-refractivity contribution in [2.75, 3.05) is 0 Å². The van der Waals surface area contributed by atoms with Gasteiger partial charge in [-0.05, 0) is 31.9 Å². The van der Waals surface area contributed by atoms with Crippen molar-refractivity contribution in [3.8, 4) is 5.75 Å². The molecule has 15 heavy (non-hydrogen) atoms. The molecule has 0 spiro atoms. The van der Waals surface area contributed by atoms with Crippen LogP contribution in [0.1, 0.15) is 29.5 Å². The molecule has 0 aromatic heterocycles. The Morgan fingerprint density at radius 2 is 1.93 bits per heavy atom. The molecule has 82 valence electrons. The lowest BCUT2D eigenvalue weighted by molar-refractivity contribution is -0.138. The second-order valence-electron chi connectivity index (χ2n) is 3.65. The van der Waals surface area contributed by atoms with Crippen molar-refractivity contribution in [2.45, 2.75) is 26.7 Å². The summed E-state index contributed by atoms with van der Waals surface area (Å²) < 4.78 is 0. The number of carboxylic acid groups (broad SMARTS) is 1. The van der Waals surface area contributed by atoms with E-state index in [1.54, 1.807) is 19.9 Å². The largest absolute Gasteiger partial charge is 0.506 e. The van der Waals surface area contributed by atoms with Crippen LogP contribution in [0.15, 0.2) is 6.07 Å². The molecule has 0 amide bonds. The molecule has 1 rings (SSSR count). The molecule has 0 fully saturated rings. The summed E-state index contributed by atoms with van der Waals surface area (Å²) in [5, 5.41) is 18.9. The number of aromatic hydroxyl groups is 1. The molecule has 0 aliphatic carbocycles. The Bertz CT molecular complexity index is 413. The number of aliphatic carboxylic acids is 1. The number of phenols is 1. The van der Waals surface area contributed by atoms with Gasteiger partial charge in [0.05, 0.1) is 10.9 Å². The summed E-state index contributed by atoms with van der Waals surface area (Å²) >= 11 is 5.86. The summed E-state index contributed by atoms with van der Waals surface area (Å²) in [7, 11) is 0. The lowest BCUT2D eigenvalue weighted by atomic mass is 9.94. The Morgan fingerprint density at radius 3 is 2.40 bits per heavy atom. The highest BCUT2D eigenvalue weighted by molar-refractivity contribution is 6.33. The number of rotatable bonds is 2. The molecule has 0 aliphatic heterocycles. The maximum absolute atomic E-state index is 10.8. The standard InChI is InChI=1S/C11H13ClO3/c1-5-4-6(2)9(12)10(13)8(5)7(3)11(14)15/h4,7,13H,1-3H3,(H,14,15). The molecule has 4 heteroatoms. The van der Waals surface area contributed by atoms with Gasteiger partial charge in [0.15, 0.2) is 0 Å². The lowest BCUT2D eigenvalue weighted by Crippen LogP contribution is -2.09. The highest BCUT2D eigenvalue weighted by atomic mass is 35.5. The number of hydrogen-bond acceptors (Lipinski definition) is 2. The van der Waals surface area contributed by atoms with Gasteiger partial charge in [-0.25, -0.2) is 0 Å². The molecule has 0 bridgehead atoms. The molecule has 1 atom stereocenters. The number of hydrogen-bond donors (Lipinski definition) is 2. The van der Waals surface area contributed by atoms with Gasteiger partial charge in [0.1, 0.15) is 5.75 Å². The van der Waals surface area contributed by atoms with Gasteiger partial charge in [-0.3, -0.25) is 4.79 Å². The summed E-state index contributed by atoms with van der Waals surface area (Å²) in [4.78, 5) is 10.8. The van der Waals surface area contributed by atoms with E-state index in [1.807, 2.05) is 0 Å². The van der Waals surface area contributed by atoms with Crippen LogP contribution in [0.2, 0.25) is 5.02 Å². The summed E-state index contributed by atoms with van der Waals surface area (Å²) in [6, 6.07) is 1.77. The SMILES string of the molecule is Cc1cc(C)c(C(C)C(=O)O)c(O)c1Cl. The van der Waals surface area contributed by atoms with Crippen LogP contribution < -0.4 is 0 Å². The van der Waals surface area contributed by atoms with Gasteiger partial charge in [0, 0.05) is 5.56 Å². The summed E-state index contributed by atoms with van der Waals surface area (Å²) in [5.74, 6) is -1.86. The van der Waals surface area contributed by atoms with Gasteiger partial charge in [0.2, 0.25) is 0 Å². The molecular formula is C11H13ClO3. The van der Waals surface area contributed by atoms with E-state index in [0.717, 1.165) is 11.1 Å². The average molecular weight is 229 g/mol. The second kappa shape index (κ2) is 4.11. The van der Waals surface area contributed by atoms with Gasteiger partial charge in [-0.1, -0.05) is 17.7 Å². The molecule has 1 unspecified atom stereocenters. The van der Waals surface area contributed by atoms with E-state index in [2.05, 4.69) is 0 Å². The normalized spacial score (nSPS) is 12.5. The third-order valence-electron chi connectivity index (χ3n) is 2.47. The van der Waals surface area contributed by atoms with E-state index in [0.29, 0.717) is 5.56 Å². The maximum atomic E-state index is 10.8. The predicted molar refractivity (Wildman–Crippen MR) is 58.6 cm³/mol. The number of halogens is 1. The zero-order valence-corrected chi connectivity index (χ0v) is 9.59. The van der Waals surface area contributed by atoms with E-state index in [1.165, 1.54) is 6.92 Å². The third kappa shape index (κ3) is 2.07. The van der Waals surface area contributed by atoms with Gasteiger partial charge in [0.25, 0.3) is 0 Å². The minimum atomic E-state index is -0.978. The van der Waals surface area contributed by atoms with E-state index in [-0.39, 0.29) is 10.8 Å². The molecular weight excluding hydrogens is 216 g/mol. The fraction of sp³-hybridized carbons (Fsp3) is 0.364. The Morgan fingerprint density at radius 1 is 1.40 bits per heavy atom. The zero-order chi connectivity index (χ0) is 11.7. The Labute approximate surface area is 93.3 Å². The van der Waals surface area contributed by atoms with Crippen LogP contribution in [-0.4, -0.2) is 16.2 Å². The van der Waals surface area contributed by atoms with E-state index < -0.39 is 11.9 Å². The number of carboxylic acids is 1. The number of benzene rings is 1. The van der Waals surface area contributed by atoms with E-state index in [4.69, 9.17) is 16.7 Å². The van der Waals surface area contributed by atoms with Crippen LogP contribution >= 0.6 is 11.6 Å². The summed E-state index contributed by atoms with van der Waals surface area (Å²) in [6.07, 6.45) is 0. The fourth-order valence-electron chi connectivity index (χ4n) is 1.63. The Kier molecular flexibility index (Phi) is 3.25. The molecule has 0 saturated carbocycles. The van der Waals surface area contributed by atoms with Crippen LogP contribution in [0.5, 0.6) is 5.75 Å². The van der Waals surface area contributed by atoms with Gasteiger partial charge in [-0.15, -0.1) is 0 Å². The van der Waals surface area contributed by atoms with Crippen LogP contribution in [-0.2, 0) is 4.79 Å². The number of aryl methyl sites for hydroxylation is 2. The first kappa shape index (κ1) is 11.9. The molecule has 0 heterocycles. The molecule has 0 radical (unpaired) electrons. The van der Waals surface area contributed by atoms with Crippen LogP contribution in [0.4, 0.5) is 0 Å². The van der Waals surface area contributed by atoms with Crippen LogP contribution in [0.25, 0.3) is 0 Å². The summed E-state index contributed by atoms with van der Waals surface area (Å²) in [6.45, 7) is 5.05. The highest BCUT2D eigenvalue weighted by Gasteiger charge is 2.22. The van der Waals surface area contributed by atoms with Crippen molar-refractivity contribution in [1.82, 2.24) is 0 Å². The van der Waals surface area contributed by atoms with Crippen molar-refractivity contribution in [1.29, 1.82) is 0 Å². The molecule has 0 aliphatic rings. The number of carbonyl (C=O) groups is 1. The van der Waals surface area contributed by atoms with Crippen molar-refractivity contribution in [3.63, 3.8) is 0 Å². The van der Waals surface area contributed by atoms with Crippen LogP contribution in [0, 0.1) is 13.8 Å². The minimum absolute atomic E-state index is 0.121. The second-order valence-corrected chi connectivity index (χ2v) is 4.02. The zero-order valence-electron chi connectivity index (χ0n) is 8.84. The average Bonchev–Trinajstić information content (AvgIpc) is 2.14. The van der Waals surface area contributed by atoms with Gasteiger partial charge < -0.3 is 10.2 Å². The van der Waals surface area contributed by atoms with Crippen molar-refractivity contribution >= 4 is 17.6 Å². The van der Waals surface area contributed by atoms with E-state index >= 15 is 0 Å². The first-order chi connectivity index (χ1) is 6.86. The predicted octanol–water partition coefficient (Wildman–Crippen LogP) is 2.85. The van der Waals surface area contributed by atoms with Gasteiger partial charge >= 0.3 is 5.97 Å². The molecule has 1 aromatic carbocycles. The van der Waals surface area contributed by atoms with E-state index in [9.17, 15) is 9.90 Å². The molecule has 1 aromatic rings. The first-order valence-electron chi connectivity index (χ1n) is 4.57. The van der Waals surface area contributed by atoms with Crippen molar-refractivity contribution < 1.29 is 15.0 Å². The Balaban J connectivity index is 3.42. The molecule has 2 N–H and O–H groups in total. The smallest absolute Gasteiger partial charge is 0.310 e. The van der Waals surface area contributed by atoms with Gasteiger partial charge in [-0.2, -0.15) is 0 Å². The van der Waals surface area contributed by atoms with Crippen molar-refractivity contribution in [2.24, 2.45) is 0 Å². The molecule has 3 nitrogen and oxygen atoms in total. The summed E-state index contributed by atoms with van der Waals surface area (Å²) in [5.41, 5.74) is 1.87. The Hall–Kier alpha value is -1.22. The van der Waals surface area contributed by atoms with Crippen molar-refractivity contribution in [3.05, 3.63) is 27.8 Å². The quantitative estimate of drug-likeness (QED) is 0.818. The molecule has 0 saturated heterocycles. The topological polar surface area (TPSA) is 57.5 Å². The minimum Gasteiger partial charge on any atom is -0.506 e. The lowest BCUT2D eigenvalue weighted by Gasteiger charge is -2.15. The third-order valence-corrected chi connectivity index (χ3v) is 2.95. The van der Waals surface area contributed by atoms with Crippen LogP contribution in [0.3, 0.4) is 0 Å². The fourth-order valence-corrected chi connectivity index (χ4v) is 1.78. The maximum Gasteiger partial charge on any atom is 0.310 e. The highest BCUT2D eigenvalue weighted by Crippen LogP contribution is 2.37. The monoisotopic (exact) mass is 228 g/mol.